The first-order valence-electron chi connectivity index (χ1n) is 4.68. The third-order valence-electron chi connectivity index (χ3n) is 2.15. The van der Waals surface area contributed by atoms with Gasteiger partial charge in [-0.1, -0.05) is 17.4 Å². The van der Waals surface area contributed by atoms with Crippen molar-refractivity contribution in [1.29, 1.82) is 0 Å². The number of anilines is 1. The van der Waals surface area contributed by atoms with E-state index in [1.165, 1.54) is 17.4 Å². The summed E-state index contributed by atoms with van der Waals surface area (Å²) in [5.74, 6) is -0.267. The van der Waals surface area contributed by atoms with Crippen LogP contribution in [0, 0.1) is 5.82 Å². The number of aromatic nitrogens is 1. The van der Waals surface area contributed by atoms with Crippen molar-refractivity contribution >= 4 is 26.7 Å². The third-order valence-corrected chi connectivity index (χ3v) is 3.28. The van der Waals surface area contributed by atoms with Crippen LogP contribution in [-0.2, 0) is 0 Å². The fourth-order valence-corrected chi connectivity index (χ4v) is 2.32. The molecule has 0 aliphatic rings. The van der Waals surface area contributed by atoms with E-state index in [1.807, 2.05) is 18.0 Å². The van der Waals surface area contributed by atoms with Gasteiger partial charge >= 0.3 is 0 Å². The molecule has 0 saturated carbocycles. The van der Waals surface area contributed by atoms with Crippen LogP contribution >= 0.6 is 11.3 Å². The second-order valence-corrected chi connectivity index (χ2v) is 4.30. The van der Waals surface area contributed by atoms with Gasteiger partial charge in [-0.05, 0) is 12.1 Å². The van der Waals surface area contributed by atoms with Gasteiger partial charge in [0.2, 0.25) is 0 Å². The predicted octanol–water partition coefficient (Wildman–Crippen LogP) is 1.83. The maximum atomic E-state index is 13.3. The van der Waals surface area contributed by atoms with E-state index in [0.29, 0.717) is 12.1 Å². The summed E-state index contributed by atoms with van der Waals surface area (Å²) in [5.41, 5.74) is 5.90. The first kappa shape index (κ1) is 10.3. The molecule has 0 radical (unpaired) electrons. The van der Waals surface area contributed by atoms with Crippen molar-refractivity contribution in [2.75, 3.05) is 25.0 Å². The van der Waals surface area contributed by atoms with Gasteiger partial charge in [0.1, 0.15) is 11.3 Å². The molecule has 0 aliphatic carbocycles. The molecule has 0 atom stereocenters. The van der Waals surface area contributed by atoms with Gasteiger partial charge in [0, 0.05) is 20.1 Å². The van der Waals surface area contributed by atoms with Crippen molar-refractivity contribution in [3.63, 3.8) is 0 Å². The van der Waals surface area contributed by atoms with E-state index >= 15 is 0 Å². The van der Waals surface area contributed by atoms with Crippen LogP contribution in [0.3, 0.4) is 0 Å². The van der Waals surface area contributed by atoms with Gasteiger partial charge in [-0.25, -0.2) is 9.37 Å². The Morgan fingerprint density at radius 2 is 2.33 bits per heavy atom. The zero-order valence-electron chi connectivity index (χ0n) is 8.40. The Labute approximate surface area is 91.3 Å². The molecule has 15 heavy (non-hydrogen) atoms. The van der Waals surface area contributed by atoms with Crippen LogP contribution in [0.5, 0.6) is 0 Å². The van der Waals surface area contributed by atoms with Gasteiger partial charge in [0.05, 0.1) is 4.70 Å². The number of fused-ring (bicyclic) bond motifs is 1. The van der Waals surface area contributed by atoms with E-state index in [-0.39, 0.29) is 5.82 Å². The molecule has 1 heterocycles. The molecule has 5 heteroatoms. The fourth-order valence-electron chi connectivity index (χ4n) is 1.36. The molecular formula is C10H12FN3S. The molecule has 0 bridgehead atoms. The van der Waals surface area contributed by atoms with E-state index in [4.69, 9.17) is 5.73 Å². The Morgan fingerprint density at radius 1 is 1.53 bits per heavy atom. The average molecular weight is 225 g/mol. The summed E-state index contributed by atoms with van der Waals surface area (Å²) in [4.78, 5) is 6.18. The minimum atomic E-state index is -0.267. The topological polar surface area (TPSA) is 42.1 Å². The van der Waals surface area contributed by atoms with Gasteiger partial charge in [-0.15, -0.1) is 0 Å². The van der Waals surface area contributed by atoms with E-state index in [1.54, 1.807) is 6.07 Å². The van der Waals surface area contributed by atoms with Crippen molar-refractivity contribution < 1.29 is 4.39 Å². The molecule has 2 rings (SSSR count). The van der Waals surface area contributed by atoms with Gasteiger partial charge in [-0.3, -0.25) is 0 Å². The predicted molar refractivity (Wildman–Crippen MR) is 61.9 cm³/mol. The van der Waals surface area contributed by atoms with Crippen molar-refractivity contribution in [2.24, 2.45) is 5.73 Å². The van der Waals surface area contributed by atoms with Crippen LogP contribution in [0.4, 0.5) is 9.52 Å². The van der Waals surface area contributed by atoms with E-state index in [0.717, 1.165) is 16.4 Å². The molecule has 80 valence electrons. The highest BCUT2D eigenvalue weighted by molar-refractivity contribution is 7.22. The zero-order valence-corrected chi connectivity index (χ0v) is 9.22. The van der Waals surface area contributed by atoms with Crippen LogP contribution in [0.25, 0.3) is 10.2 Å². The number of hydrogen-bond donors (Lipinski definition) is 1. The molecule has 0 saturated heterocycles. The SMILES string of the molecule is CN(CCN)c1nc2c(F)cccc2s1. The minimum absolute atomic E-state index is 0.267. The second kappa shape index (κ2) is 4.12. The summed E-state index contributed by atoms with van der Waals surface area (Å²) in [6, 6.07) is 4.99. The van der Waals surface area contributed by atoms with E-state index in [2.05, 4.69) is 4.98 Å². The zero-order chi connectivity index (χ0) is 10.8. The lowest BCUT2D eigenvalue weighted by molar-refractivity contribution is 0.637. The van der Waals surface area contributed by atoms with Crippen molar-refractivity contribution in [3.8, 4) is 0 Å². The number of benzene rings is 1. The monoisotopic (exact) mass is 225 g/mol. The fraction of sp³-hybridized carbons (Fsp3) is 0.300. The highest BCUT2D eigenvalue weighted by atomic mass is 32.1. The lowest BCUT2D eigenvalue weighted by Crippen LogP contribution is -2.24. The molecule has 0 amide bonds. The molecule has 0 aliphatic heterocycles. The number of rotatable bonds is 3. The Bertz CT molecular complexity index is 469. The number of nitrogens with zero attached hydrogens (tertiary/aromatic N) is 2. The first-order chi connectivity index (χ1) is 7.22. The standard InChI is InChI=1S/C10H12FN3S/c1-14(6-5-12)10-13-9-7(11)3-2-4-8(9)15-10/h2-4H,5-6,12H2,1H3. The van der Waals surface area contributed by atoms with Crippen LogP contribution < -0.4 is 10.6 Å². The quantitative estimate of drug-likeness (QED) is 0.866. The van der Waals surface area contributed by atoms with Crippen LogP contribution in [0.15, 0.2) is 18.2 Å². The van der Waals surface area contributed by atoms with Gasteiger partial charge in [0.25, 0.3) is 0 Å². The molecular weight excluding hydrogens is 213 g/mol. The third kappa shape index (κ3) is 1.93. The van der Waals surface area contributed by atoms with Crippen LogP contribution in [-0.4, -0.2) is 25.1 Å². The number of para-hydroxylation sites is 1. The Morgan fingerprint density at radius 3 is 3.00 bits per heavy atom. The highest BCUT2D eigenvalue weighted by Crippen LogP contribution is 2.29. The Kier molecular flexibility index (Phi) is 2.83. The smallest absolute Gasteiger partial charge is 0.186 e. The Balaban J connectivity index is 2.43. The number of hydrogen-bond acceptors (Lipinski definition) is 4. The summed E-state index contributed by atoms with van der Waals surface area (Å²) in [7, 11) is 1.91. The second-order valence-electron chi connectivity index (χ2n) is 3.29. The summed E-state index contributed by atoms with van der Waals surface area (Å²) < 4.78 is 14.2. The van der Waals surface area contributed by atoms with Crippen molar-refractivity contribution in [2.45, 2.75) is 0 Å². The molecule has 0 fully saturated rings. The van der Waals surface area contributed by atoms with Gasteiger partial charge in [0.15, 0.2) is 5.13 Å². The summed E-state index contributed by atoms with van der Waals surface area (Å²) in [6.07, 6.45) is 0. The average Bonchev–Trinajstić information content (AvgIpc) is 2.63. The highest BCUT2D eigenvalue weighted by Gasteiger charge is 2.10. The van der Waals surface area contributed by atoms with Gasteiger partial charge in [-0.2, -0.15) is 0 Å². The van der Waals surface area contributed by atoms with Crippen LogP contribution in [0.2, 0.25) is 0 Å². The van der Waals surface area contributed by atoms with E-state index in [9.17, 15) is 4.39 Å². The summed E-state index contributed by atoms with van der Waals surface area (Å²) >= 11 is 1.48. The largest absolute Gasteiger partial charge is 0.350 e. The number of halogens is 1. The molecule has 3 nitrogen and oxygen atoms in total. The normalized spacial score (nSPS) is 10.9. The summed E-state index contributed by atoms with van der Waals surface area (Å²) in [5, 5.41) is 0.806. The minimum Gasteiger partial charge on any atom is -0.350 e. The number of likely N-dealkylation sites (N-methyl/N-ethyl adjacent to an activating group) is 1. The molecule has 0 spiro atoms. The molecule has 0 unspecified atom stereocenters. The van der Waals surface area contributed by atoms with Gasteiger partial charge < -0.3 is 10.6 Å². The lowest BCUT2D eigenvalue weighted by atomic mass is 10.3. The molecule has 2 N–H and O–H groups in total. The van der Waals surface area contributed by atoms with E-state index < -0.39 is 0 Å². The number of nitrogens with two attached hydrogens (primary N) is 1. The Hall–Kier alpha value is -1.20. The molecule has 2 aromatic rings. The van der Waals surface area contributed by atoms with Crippen LogP contribution in [0.1, 0.15) is 0 Å². The first-order valence-corrected chi connectivity index (χ1v) is 5.50. The van der Waals surface area contributed by atoms with Crippen molar-refractivity contribution in [3.05, 3.63) is 24.0 Å². The van der Waals surface area contributed by atoms with Crippen molar-refractivity contribution in [1.82, 2.24) is 4.98 Å². The maximum Gasteiger partial charge on any atom is 0.186 e. The molecule has 1 aromatic heterocycles. The number of thiazole rings is 1. The lowest BCUT2D eigenvalue weighted by Gasteiger charge is -2.13. The summed E-state index contributed by atoms with van der Waals surface area (Å²) in [6.45, 7) is 1.29. The molecule has 1 aromatic carbocycles. The maximum absolute atomic E-state index is 13.3.